The molecule has 0 aliphatic heterocycles. The first kappa shape index (κ1) is 22.8. The third-order valence-corrected chi connectivity index (χ3v) is 4.72. The Kier molecular flexibility index (Phi) is 8.29. The van der Waals surface area contributed by atoms with E-state index in [0.717, 1.165) is 0 Å². The van der Waals surface area contributed by atoms with Crippen molar-refractivity contribution in [2.75, 3.05) is 18.6 Å². The molecule has 0 aliphatic carbocycles. The minimum absolute atomic E-state index is 0.0882. The second-order valence-corrected chi connectivity index (χ2v) is 7.14. The SMILES string of the molecule is CSCC[C@@H](COC(=O)c1ccc([N+](=O)[O-])cc1)NC(=O)c1ccc([N+](=O)[O-])cc1. The largest absolute Gasteiger partial charge is 0.460 e. The van der Waals surface area contributed by atoms with Crippen molar-refractivity contribution in [3.63, 3.8) is 0 Å². The number of nitrogens with one attached hydrogen (secondary N) is 1. The van der Waals surface area contributed by atoms with E-state index in [4.69, 9.17) is 4.74 Å². The molecule has 0 saturated carbocycles. The van der Waals surface area contributed by atoms with E-state index < -0.39 is 27.8 Å². The molecule has 158 valence electrons. The lowest BCUT2D eigenvalue weighted by molar-refractivity contribution is -0.385. The predicted molar refractivity (Wildman–Crippen MR) is 111 cm³/mol. The van der Waals surface area contributed by atoms with Crippen molar-refractivity contribution < 1.29 is 24.2 Å². The number of nitrogens with zero attached hydrogens (tertiary/aromatic N) is 2. The van der Waals surface area contributed by atoms with E-state index in [-0.39, 0.29) is 29.1 Å². The topological polar surface area (TPSA) is 142 Å². The Morgan fingerprint density at radius 1 is 0.967 bits per heavy atom. The highest BCUT2D eigenvalue weighted by molar-refractivity contribution is 7.98. The van der Waals surface area contributed by atoms with Crippen LogP contribution in [0.5, 0.6) is 0 Å². The van der Waals surface area contributed by atoms with E-state index in [2.05, 4.69) is 5.32 Å². The summed E-state index contributed by atoms with van der Waals surface area (Å²) in [5.74, 6) is -0.397. The van der Waals surface area contributed by atoms with E-state index in [9.17, 15) is 29.8 Å². The molecule has 1 N–H and O–H groups in total. The zero-order chi connectivity index (χ0) is 22.1. The van der Waals surface area contributed by atoms with Crippen molar-refractivity contribution in [2.24, 2.45) is 0 Å². The van der Waals surface area contributed by atoms with Crippen molar-refractivity contribution in [1.82, 2.24) is 5.32 Å². The Hall–Kier alpha value is -3.47. The Bertz CT molecular complexity index is 917. The Morgan fingerprint density at radius 2 is 1.47 bits per heavy atom. The van der Waals surface area contributed by atoms with Crippen LogP contribution in [0.1, 0.15) is 27.1 Å². The van der Waals surface area contributed by atoms with Crippen molar-refractivity contribution in [3.8, 4) is 0 Å². The zero-order valence-electron chi connectivity index (χ0n) is 16.0. The van der Waals surface area contributed by atoms with E-state index in [1.807, 2.05) is 6.26 Å². The van der Waals surface area contributed by atoms with Gasteiger partial charge in [-0.25, -0.2) is 4.79 Å². The van der Waals surface area contributed by atoms with Gasteiger partial charge in [0.25, 0.3) is 17.3 Å². The molecule has 0 unspecified atom stereocenters. The van der Waals surface area contributed by atoms with Crippen LogP contribution in [-0.4, -0.2) is 46.4 Å². The summed E-state index contributed by atoms with van der Waals surface area (Å²) in [4.78, 5) is 44.9. The smallest absolute Gasteiger partial charge is 0.338 e. The second-order valence-electron chi connectivity index (χ2n) is 6.16. The first-order valence-electron chi connectivity index (χ1n) is 8.77. The van der Waals surface area contributed by atoms with Gasteiger partial charge in [-0.15, -0.1) is 0 Å². The number of nitro benzene ring substituents is 2. The quantitative estimate of drug-likeness (QED) is 0.342. The number of hydrogen-bond acceptors (Lipinski definition) is 8. The van der Waals surface area contributed by atoms with Gasteiger partial charge in [0.1, 0.15) is 6.61 Å². The average Bonchev–Trinajstić information content (AvgIpc) is 2.75. The van der Waals surface area contributed by atoms with Crippen molar-refractivity contribution in [3.05, 3.63) is 79.9 Å². The van der Waals surface area contributed by atoms with Gasteiger partial charge in [0.15, 0.2) is 0 Å². The number of rotatable bonds is 10. The molecule has 2 rings (SSSR count). The third kappa shape index (κ3) is 6.55. The molecule has 1 amide bonds. The Labute approximate surface area is 175 Å². The maximum absolute atomic E-state index is 12.4. The second kappa shape index (κ2) is 10.9. The van der Waals surface area contributed by atoms with Gasteiger partial charge >= 0.3 is 5.97 Å². The molecule has 2 aromatic rings. The maximum Gasteiger partial charge on any atom is 0.338 e. The summed E-state index contributed by atoms with van der Waals surface area (Å²) in [6.07, 6.45) is 2.44. The number of ether oxygens (including phenoxy) is 1. The molecule has 0 fully saturated rings. The number of esters is 1. The number of thioether (sulfide) groups is 1. The fourth-order valence-corrected chi connectivity index (χ4v) is 2.96. The average molecular weight is 433 g/mol. The van der Waals surface area contributed by atoms with Gasteiger partial charge in [0.2, 0.25) is 0 Å². The molecule has 2 aromatic carbocycles. The third-order valence-electron chi connectivity index (χ3n) is 4.08. The number of amides is 1. The van der Waals surface area contributed by atoms with Crippen LogP contribution in [0.15, 0.2) is 48.5 Å². The van der Waals surface area contributed by atoms with E-state index >= 15 is 0 Å². The van der Waals surface area contributed by atoms with Crippen LogP contribution >= 0.6 is 11.8 Å². The molecular formula is C19H19N3O7S. The van der Waals surface area contributed by atoms with Gasteiger partial charge in [0, 0.05) is 29.8 Å². The van der Waals surface area contributed by atoms with E-state index in [0.29, 0.717) is 12.2 Å². The fraction of sp³-hybridized carbons (Fsp3) is 0.263. The lowest BCUT2D eigenvalue weighted by Crippen LogP contribution is -2.39. The van der Waals surface area contributed by atoms with Crippen LogP contribution in [0.25, 0.3) is 0 Å². The lowest BCUT2D eigenvalue weighted by atomic mass is 10.1. The summed E-state index contributed by atoms with van der Waals surface area (Å²) in [6.45, 7) is -0.0882. The van der Waals surface area contributed by atoms with Gasteiger partial charge in [-0.2, -0.15) is 11.8 Å². The van der Waals surface area contributed by atoms with Crippen LogP contribution < -0.4 is 5.32 Å². The monoisotopic (exact) mass is 433 g/mol. The highest BCUT2D eigenvalue weighted by Crippen LogP contribution is 2.14. The molecule has 10 nitrogen and oxygen atoms in total. The Balaban J connectivity index is 1.98. The molecule has 11 heteroatoms. The summed E-state index contributed by atoms with van der Waals surface area (Å²) < 4.78 is 5.25. The summed E-state index contributed by atoms with van der Waals surface area (Å²) in [7, 11) is 0. The summed E-state index contributed by atoms with van der Waals surface area (Å²) in [5.41, 5.74) is 0.143. The minimum atomic E-state index is -0.663. The molecule has 0 aliphatic rings. The van der Waals surface area contributed by atoms with Gasteiger partial charge in [-0.1, -0.05) is 0 Å². The summed E-state index contributed by atoms with van der Waals surface area (Å²) >= 11 is 1.56. The fourth-order valence-electron chi connectivity index (χ4n) is 2.44. The number of carbonyl (C=O) groups is 2. The number of non-ortho nitro benzene ring substituents is 2. The van der Waals surface area contributed by atoms with Crippen LogP contribution in [0, 0.1) is 20.2 Å². The molecule has 0 bridgehead atoms. The van der Waals surface area contributed by atoms with E-state index in [1.165, 1.54) is 48.5 Å². The highest BCUT2D eigenvalue weighted by atomic mass is 32.2. The number of hydrogen-bond donors (Lipinski definition) is 1. The van der Waals surface area contributed by atoms with Crippen molar-refractivity contribution in [2.45, 2.75) is 12.5 Å². The summed E-state index contributed by atoms with van der Waals surface area (Å²) in [6, 6.07) is 9.71. The van der Waals surface area contributed by atoms with E-state index in [1.54, 1.807) is 11.8 Å². The number of benzene rings is 2. The summed E-state index contributed by atoms with van der Waals surface area (Å²) in [5, 5.41) is 24.2. The Morgan fingerprint density at radius 3 is 1.93 bits per heavy atom. The molecule has 0 spiro atoms. The molecule has 30 heavy (non-hydrogen) atoms. The minimum Gasteiger partial charge on any atom is -0.460 e. The predicted octanol–water partition coefficient (Wildman–Crippen LogP) is 3.21. The van der Waals surface area contributed by atoms with Gasteiger partial charge in [0.05, 0.1) is 21.5 Å². The normalized spacial score (nSPS) is 11.4. The molecule has 0 heterocycles. The molecule has 0 aromatic heterocycles. The van der Waals surface area contributed by atoms with Crippen LogP contribution in [0.4, 0.5) is 11.4 Å². The van der Waals surface area contributed by atoms with Crippen LogP contribution in [0.2, 0.25) is 0 Å². The van der Waals surface area contributed by atoms with Crippen LogP contribution in [-0.2, 0) is 4.74 Å². The van der Waals surface area contributed by atoms with Crippen molar-refractivity contribution in [1.29, 1.82) is 0 Å². The first-order valence-corrected chi connectivity index (χ1v) is 10.2. The van der Waals surface area contributed by atoms with Crippen LogP contribution in [0.3, 0.4) is 0 Å². The molecule has 1 atom stereocenters. The van der Waals surface area contributed by atoms with Gasteiger partial charge in [-0.05, 0) is 42.7 Å². The first-order chi connectivity index (χ1) is 14.3. The number of carbonyl (C=O) groups excluding carboxylic acids is 2. The van der Waals surface area contributed by atoms with Gasteiger partial charge in [-0.3, -0.25) is 25.0 Å². The highest BCUT2D eigenvalue weighted by Gasteiger charge is 2.18. The molecule has 0 radical (unpaired) electrons. The van der Waals surface area contributed by atoms with Gasteiger partial charge < -0.3 is 10.1 Å². The van der Waals surface area contributed by atoms with Crippen molar-refractivity contribution >= 4 is 35.0 Å². The standard InChI is InChI=1S/C19H19N3O7S/c1-30-11-10-15(20-18(23)13-2-6-16(7-3-13)21(25)26)12-29-19(24)14-4-8-17(9-5-14)22(27)28/h2-9,15H,10-12H2,1H3,(H,20,23)/t15-/m0/s1. The lowest BCUT2D eigenvalue weighted by Gasteiger charge is -2.18. The number of nitro groups is 2. The molecule has 0 saturated heterocycles. The zero-order valence-corrected chi connectivity index (χ0v) is 16.8. The molecular weight excluding hydrogens is 414 g/mol. The maximum atomic E-state index is 12.4.